The van der Waals surface area contributed by atoms with Crippen molar-refractivity contribution < 1.29 is 0 Å². The van der Waals surface area contributed by atoms with Gasteiger partial charge in [0, 0.05) is 30.3 Å². The summed E-state index contributed by atoms with van der Waals surface area (Å²) in [7, 11) is 0. The zero-order valence-corrected chi connectivity index (χ0v) is 11.6. The number of benzene rings is 2. The lowest BCUT2D eigenvalue weighted by Gasteiger charge is -2.19. The molecule has 1 heterocycles. The molecule has 1 fully saturated rings. The Kier molecular flexibility index (Phi) is 2.84. The highest BCUT2D eigenvalue weighted by Gasteiger charge is 2.28. The first-order valence-corrected chi connectivity index (χ1v) is 7.54. The van der Waals surface area contributed by atoms with Gasteiger partial charge < -0.3 is 4.90 Å². The van der Waals surface area contributed by atoms with Crippen molar-refractivity contribution in [1.82, 2.24) is 4.90 Å². The first kappa shape index (κ1) is 11.8. The summed E-state index contributed by atoms with van der Waals surface area (Å²) in [6, 6.07) is 19.7. The Hall–Kier alpha value is -2.02. The molecule has 1 aliphatic carbocycles. The molecule has 2 aromatic rings. The van der Waals surface area contributed by atoms with E-state index in [1.54, 1.807) is 0 Å². The van der Waals surface area contributed by atoms with E-state index in [0.29, 0.717) is 5.92 Å². The molecule has 0 spiro atoms. The summed E-state index contributed by atoms with van der Waals surface area (Å²) in [5.41, 5.74) is 5.74. The van der Waals surface area contributed by atoms with E-state index in [0.717, 1.165) is 0 Å². The summed E-state index contributed by atoms with van der Waals surface area (Å²) >= 11 is 0. The second-order valence-electron chi connectivity index (χ2n) is 5.72. The van der Waals surface area contributed by atoms with Gasteiger partial charge in [0.15, 0.2) is 0 Å². The quantitative estimate of drug-likeness (QED) is 0.780. The topological polar surface area (TPSA) is 3.24 Å². The highest BCUT2D eigenvalue weighted by molar-refractivity contribution is 5.75. The Bertz CT molecular complexity index is 636. The van der Waals surface area contributed by atoms with E-state index < -0.39 is 0 Å². The molecule has 0 bridgehead atoms. The van der Waals surface area contributed by atoms with Crippen LogP contribution in [0, 0.1) is 0 Å². The monoisotopic (exact) mass is 261 g/mol. The number of hydrogen-bond donors (Lipinski definition) is 0. The first-order chi connectivity index (χ1) is 9.93. The second-order valence-corrected chi connectivity index (χ2v) is 5.72. The van der Waals surface area contributed by atoms with Crippen LogP contribution in [0.3, 0.4) is 0 Å². The molecule has 0 aromatic heterocycles. The summed E-state index contributed by atoms with van der Waals surface area (Å²) in [5, 5.41) is 0. The molecule has 2 aromatic carbocycles. The van der Waals surface area contributed by atoms with Gasteiger partial charge in [-0.3, -0.25) is 0 Å². The molecular weight excluding hydrogens is 242 g/mol. The molecule has 4 rings (SSSR count). The van der Waals surface area contributed by atoms with Crippen molar-refractivity contribution in [1.29, 1.82) is 0 Å². The molecule has 100 valence electrons. The lowest BCUT2D eigenvalue weighted by molar-refractivity contribution is 0.493. The summed E-state index contributed by atoms with van der Waals surface area (Å²) in [6.07, 6.45) is 5.12. The van der Waals surface area contributed by atoms with E-state index in [4.69, 9.17) is 0 Å². The third-order valence-electron chi connectivity index (χ3n) is 4.50. The minimum atomic E-state index is 0.419. The van der Waals surface area contributed by atoms with Gasteiger partial charge in [-0.25, -0.2) is 0 Å². The second kappa shape index (κ2) is 4.82. The maximum absolute atomic E-state index is 2.56. The van der Waals surface area contributed by atoms with Crippen molar-refractivity contribution in [3.8, 4) is 0 Å². The van der Waals surface area contributed by atoms with E-state index in [1.165, 1.54) is 48.3 Å². The van der Waals surface area contributed by atoms with Crippen LogP contribution in [0.2, 0.25) is 0 Å². The van der Waals surface area contributed by atoms with Gasteiger partial charge in [-0.15, -0.1) is 0 Å². The van der Waals surface area contributed by atoms with Gasteiger partial charge in [-0.2, -0.15) is 0 Å². The van der Waals surface area contributed by atoms with Crippen LogP contribution in [-0.2, 0) is 0 Å². The third kappa shape index (κ3) is 1.85. The highest BCUT2D eigenvalue weighted by Crippen LogP contribution is 2.41. The van der Waals surface area contributed by atoms with Crippen molar-refractivity contribution in [3.63, 3.8) is 0 Å². The summed E-state index contributed by atoms with van der Waals surface area (Å²) < 4.78 is 0. The maximum Gasteiger partial charge on any atom is 0.0412 e. The van der Waals surface area contributed by atoms with Gasteiger partial charge >= 0.3 is 0 Å². The fraction of sp³-hybridized carbons (Fsp3) is 0.263. The standard InChI is InChI=1S/C19H19N/c1-2-8-15(9-3-1)18-14-19(20-12-6-7-13-20)17-11-5-4-10-16(17)18/h1-5,8-11,14,18H,6-7,12-13H2/t18-/m0/s1. The van der Waals surface area contributed by atoms with E-state index in [-0.39, 0.29) is 0 Å². The minimum absolute atomic E-state index is 0.419. The predicted molar refractivity (Wildman–Crippen MR) is 83.5 cm³/mol. The van der Waals surface area contributed by atoms with Crippen LogP contribution in [0.25, 0.3) is 5.70 Å². The van der Waals surface area contributed by atoms with Crippen LogP contribution in [0.5, 0.6) is 0 Å². The molecule has 1 nitrogen and oxygen atoms in total. The number of rotatable bonds is 2. The lowest BCUT2D eigenvalue weighted by Crippen LogP contribution is -2.16. The van der Waals surface area contributed by atoms with Crippen LogP contribution in [-0.4, -0.2) is 18.0 Å². The molecule has 0 unspecified atom stereocenters. The molecule has 20 heavy (non-hydrogen) atoms. The number of hydrogen-bond acceptors (Lipinski definition) is 1. The summed E-state index contributed by atoms with van der Waals surface area (Å²) in [4.78, 5) is 2.56. The number of fused-ring (bicyclic) bond motifs is 1. The SMILES string of the molecule is C1=C(N2CCCC2)c2ccccc2[C@@H]1c1ccccc1. The average molecular weight is 261 g/mol. The van der Waals surface area contributed by atoms with Gasteiger partial charge in [0.05, 0.1) is 0 Å². The van der Waals surface area contributed by atoms with Crippen molar-refractivity contribution in [3.05, 3.63) is 77.4 Å². The molecular formula is C19H19N. The fourth-order valence-electron chi connectivity index (χ4n) is 3.51. The molecule has 0 amide bonds. The van der Waals surface area contributed by atoms with Crippen molar-refractivity contribution in [2.75, 3.05) is 13.1 Å². The zero-order chi connectivity index (χ0) is 13.4. The van der Waals surface area contributed by atoms with Crippen LogP contribution in [0.15, 0.2) is 60.7 Å². The Morgan fingerprint density at radius 3 is 2.30 bits per heavy atom. The summed E-state index contributed by atoms with van der Waals surface area (Å²) in [5.74, 6) is 0.419. The van der Waals surface area contributed by atoms with Crippen LogP contribution >= 0.6 is 0 Å². The van der Waals surface area contributed by atoms with E-state index in [2.05, 4.69) is 65.6 Å². The Balaban J connectivity index is 1.80. The van der Waals surface area contributed by atoms with E-state index in [9.17, 15) is 0 Å². The Morgan fingerprint density at radius 2 is 1.50 bits per heavy atom. The van der Waals surface area contributed by atoms with Crippen LogP contribution in [0.1, 0.15) is 35.4 Å². The van der Waals surface area contributed by atoms with Gasteiger partial charge in [0.2, 0.25) is 0 Å². The fourth-order valence-corrected chi connectivity index (χ4v) is 3.51. The Morgan fingerprint density at radius 1 is 0.800 bits per heavy atom. The highest BCUT2D eigenvalue weighted by atomic mass is 15.2. The Labute approximate surface area is 120 Å². The van der Waals surface area contributed by atoms with Gasteiger partial charge in [-0.1, -0.05) is 54.6 Å². The number of nitrogens with zero attached hydrogens (tertiary/aromatic N) is 1. The number of likely N-dealkylation sites (tertiary alicyclic amines) is 1. The molecule has 1 aliphatic heterocycles. The normalized spacial score (nSPS) is 20.9. The van der Waals surface area contributed by atoms with Crippen molar-refractivity contribution in [2.45, 2.75) is 18.8 Å². The smallest absolute Gasteiger partial charge is 0.0412 e. The minimum Gasteiger partial charge on any atom is -0.371 e. The van der Waals surface area contributed by atoms with Crippen molar-refractivity contribution >= 4 is 5.70 Å². The van der Waals surface area contributed by atoms with E-state index >= 15 is 0 Å². The largest absolute Gasteiger partial charge is 0.371 e. The molecule has 1 heteroatoms. The molecule has 0 radical (unpaired) electrons. The molecule has 1 atom stereocenters. The molecule has 0 saturated carbocycles. The zero-order valence-electron chi connectivity index (χ0n) is 11.6. The summed E-state index contributed by atoms with van der Waals surface area (Å²) in [6.45, 7) is 2.42. The van der Waals surface area contributed by atoms with Gasteiger partial charge in [0.1, 0.15) is 0 Å². The van der Waals surface area contributed by atoms with Crippen molar-refractivity contribution in [2.24, 2.45) is 0 Å². The van der Waals surface area contributed by atoms with Crippen LogP contribution in [0.4, 0.5) is 0 Å². The third-order valence-corrected chi connectivity index (χ3v) is 4.50. The molecule has 1 saturated heterocycles. The molecule has 2 aliphatic rings. The predicted octanol–water partition coefficient (Wildman–Crippen LogP) is 4.27. The van der Waals surface area contributed by atoms with Gasteiger partial charge in [0.25, 0.3) is 0 Å². The first-order valence-electron chi connectivity index (χ1n) is 7.54. The van der Waals surface area contributed by atoms with E-state index in [1.807, 2.05) is 0 Å². The average Bonchev–Trinajstić information content (AvgIpc) is 3.15. The lowest BCUT2D eigenvalue weighted by atomic mass is 9.93. The van der Waals surface area contributed by atoms with Crippen LogP contribution < -0.4 is 0 Å². The maximum atomic E-state index is 2.56. The molecule has 0 N–H and O–H groups in total. The number of allylic oxidation sites excluding steroid dienone is 1. The van der Waals surface area contributed by atoms with Gasteiger partial charge in [-0.05, 0) is 30.0 Å².